The van der Waals surface area contributed by atoms with Crippen LogP contribution in [0.5, 0.6) is 5.88 Å². The van der Waals surface area contributed by atoms with Crippen LogP contribution in [0.15, 0.2) is 42.7 Å². The second-order valence-electron chi connectivity index (χ2n) is 4.32. The number of pyridine rings is 1. The molecule has 0 saturated carbocycles. The molecule has 3 aromatic rings. The van der Waals surface area contributed by atoms with Crippen LogP contribution < -0.4 is 4.74 Å². The summed E-state index contributed by atoms with van der Waals surface area (Å²) in [4.78, 5) is 4.55. The van der Waals surface area contributed by atoms with E-state index in [0.717, 1.165) is 28.6 Å². The summed E-state index contributed by atoms with van der Waals surface area (Å²) in [5.41, 5.74) is 3.10. The number of para-hydroxylation sites is 1. The first-order valence-electron chi connectivity index (χ1n) is 6.28. The van der Waals surface area contributed by atoms with Gasteiger partial charge in [0.2, 0.25) is 5.88 Å². The topological polar surface area (TPSA) is 39.9 Å². The Kier molecular flexibility index (Phi) is 2.91. The first-order chi connectivity index (χ1) is 9.31. The summed E-state index contributed by atoms with van der Waals surface area (Å²) < 4.78 is 7.12. The van der Waals surface area contributed by atoms with Crippen molar-refractivity contribution in [2.45, 2.75) is 13.5 Å². The molecule has 3 rings (SSSR count). The van der Waals surface area contributed by atoms with E-state index in [1.807, 2.05) is 35.3 Å². The van der Waals surface area contributed by atoms with Crippen molar-refractivity contribution in [3.05, 3.63) is 42.7 Å². The molecule has 0 unspecified atom stereocenters. The van der Waals surface area contributed by atoms with Gasteiger partial charge in [-0.3, -0.25) is 4.68 Å². The summed E-state index contributed by atoms with van der Waals surface area (Å²) in [6, 6.07) is 10.0. The maximum Gasteiger partial charge on any atom is 0.213 e. The molecule has 0 spiro atoms. The van der Waals surface area contributed by atoms with E-state index in [1.165, 1.54) is 0 Å². The van der Waals surface area contributed by atoms with E-state index in [2.05, 4.69) is 29.1 Å². The molecule has 1 aromatic carbocycles. The Hall–Kier alpha value is -2.36. The molecule has 0 N–H and O–H groups in total. The van der Waals surface area contributed by atoms with Crippen molar-refractivity contribution in [2.75, 3.05) is 7.11 Å². The fourth-order valence-corrected chi connectivity index (χ4v) is 2.15. The van der Waals surface area contributed by atoms with Gasteiger partial charge in [0, 0.05) is 35.3 Å². The van der Waals surface area contributed by atoms with Crippen molar-refractivity contribution in [3.63, 3.8) is 0 Å². The van der Waals surface area contributed by atoms with Gasteiger partial charge in [-0.2, -0.15) is 5.10 Å². The van der Waals surface area contributed by atoms with Crippen LogP contribution in [0.4, 0.5) is 0 Å². The molecule has 0 bridgehead atoms. The van der Waals surface area contributed by atoms with Crippen molar-refractivity contribution in [2.24, 2.45) is 0 Å². The van der Waals surface area contributed by atoms with Crippen LogP contribution >= 0.6 is 0 Å². The molecule has 0 atom stereocenters. The van der Waals surface area contributed by atoms with Gasteiger partial charge >= 0.3 is 0 Å². The van der Waals surface area contributed by atoms with Gasteiger partial charge in [-0.15, -0.1) is 0 Å². The molecule has 0 aliphatic heterocycles. The Morgan fingerprint density at radius 1 is 1.21 bits per heavy atom. The monoisotopic (exact) mass is 253 g/mol. The van der Waals surface area contributed by atoms with Gasteiger partial charge in [0.1, 0.15) is 0 Å². The van der Waals surface area contributed by atoms with Crippen LogP contribution in [0.25, 0.3) is 22.0 Å². The number of hydrogen-bond donors (Lipinski definition) is 0. The van der Waals surface area contributed by atoms with E-state index in [9.17, 15) is 0 Å². The van der Waals surface area contributed by atoms with Gasteiger partial charge in [-0.25, -0.2) is 4.98 Å². The molecule has 19 heavy (non-hydrogen) atoms. The lowest BCUT2D eigenvalue weighted by molar-refractivity contribution is 0.399. The van der Waals surface area contributed by atoms with Gasteiger partial charge < -0.3 is 4.74 Å². The zero-order valence-electron chi connectivity index (χ0n) is 11.0. The molecule has 96 valence electrons. The molecule has 0 radical (unpaired) electrons. The van der Waals surface area contributed by atoms with E-state index < -0.39 is 0 Å². The minimum absolute atomic E-state index is 0.628. The Morgan fingerprint density at radius 3 is 2.84 bits per heavy atom. The van der Waals surface area contributed by atoms with Crippen LogP contribution in [0.2, 0.25) is 0 Å². The van der Waals surface area contributed by atoms with E-state index in [1.54, 1.807) is 7.11 Å². The highest BCUT2D eigenvalue weighted by Crippen LogP contribution is 2.28. The summed E-state index contributed by atoms with van der Waals surface area (Å²) in [6.07, 6.45) is 3.91. The third-order valence-electron chi connectivity index (χ3n) is 3.17. The van der Waals surface area contributed by atoms with Crippen LogP contribution in [-0.4, -0.2) is 21.9 Å². The molecule has 2 heterocycles. The van der Waals surface area contributed by atoms with Crippen LogP contribution in [0, 0.1) is 0 Å². The Balaban J connectivity index is 2.21. The van der Waals surface area contributed by atoms with Crippen molar-refractivity contribution >= 4 is 10.9 Å². The summed E-state index contributed by atoms with van der Waals surface area (Å²) in [5, 5.41) is 5.42. The predicted octanol–water partition coefficient (Wildman–Crippen LogP) is 3.13. The first kappa shape index (κ1) is 11.7. The number of nitrogens with zero attached hydrogens (tertiary/aromatic N) is 3. The SMILES string of the molecule is CCn1cc(-c2cccc3ccc(OC)nc23)cn1. The zero-order chi connectivity index (χ0) is 13.2. The second-order valence-corrected chi connectivity index (χ2v) is 4.32. The van der Waals surface area contributed by atoms with E-state index in [4.69, 9.17) is 4.74 Å². The fraction of sp³-hybridized carbons (Fsp3) is 0.200. The van der Waals surface area contributed by atoms with Gasteiger partial charge in [0.15, 0.2) is 0 Å². The Morgan fingerprint density at radius 2 is 2.11 bits per heavy atom. The number of hydrogen-bond acceptors (Lipinski definition) is 3. The van der Waals surface area contributed by atoms with Crippen LogP contribution in [0.3, 0.4) is 0 Å². The molecule has 0 amide bonds. The molecule has 0 aliphatic rings. The largest absolute Gasteiger partial charge is 0.481 e. The van der Waals surface area contributed by atoms with E-state index in [0.29, 0.717) is 5.88 Å². The molecule has 0 fully saturated rings. The molecule has 4 nitrogen and oxygen atoms in total. The minimum atomic E-state index is 0.628. The minimum Gasteiger partial charge on any atom is -0.481 e. The average Bonchev–Trinajstić information content (AvgIpc) is 2.94. The van der Waals surface area contributed by atoms with Gasteiger partial charge in [-0.1, -0.05) is 18.2 Å². The van der Waals surface area contributed by atoms with Gasteiger partial charge in [0.05, 0.1) is 18.8 Å². The average molecular weight is 253 g/mol. The van der Waals surface area contributed by atoms with E-state index in [-0.39, 0.29) is 0 Å². The summed E-state index contributed by atoms with van der Waals surface area (Å²) in [5.74, 6) is 0.628. The van der Waals surface area contributed by atoms with Crippen LogP contribution in [0.1, 0.15) is 6.92 Å². The lowest BCUT2D eigenvalue weighted by Gasteiger charge is -2.05. The number of rotatable bonds is 3. The predicted molar refractivity (Wildman–Crippen MR) is 75.2 cm³/mol. The maximum absolute atomic E-state index is 5.21. The zero-order valence-corrected chi connectivity index (χ0v) is 11.0. The standard InChI is InChI=1S/C15H15N3O/c1-3-18-10-12(9-16-18)13-6-4-5-11-7-8-14(19-2)17-15(11)13/h4-10H,3H2,1-2H3. The lowest BCUT2D eigenvalue weighted by Crippen LogP contribution is -1.92. The maximum atomic E-state index is 5.21. The lowest BCUT2D eigenvalue weighted by atomic mass is 10.1. The third-order valence-corrected chi connectivity index (χ3v) is 3.17. The van der Waals surface area contributed by atoms with Crippen molar-refractivity contribution < 1.29 is 4.74 Å². The molecule has 4 heteroatoms. The summed E-state index contributed by atoms with van der Waals surface area (Å²) in [6.45, 7) is 2.93. The smallest absolute Gasteiger partial charge is 0.213 e. The van der Waals surface area contributed by atoms with Crippen molar-refractivity contribution in [3.8, 4) is 17.0 Å². The van der Waals surface area contributed by atoms with E-state index >= 15 is 0 Å². The first-order valence-corrected chi connectivity index (χ1v) is 6.28. The number of fused-ring (bicyclic) bond motifs is 1. The summed E-state index contributed by atoms with van der Waals surface area (Å²) >= 11 is 0. The molecule has 0 aliphatic carbocycles. The Bertz CT molecular complexity index is 718. The highest BCUT2D eigenvalue weighted by Gasteiger charge is 2.08. The number of benzene rings is 1. The number of methoxy groups -OCH3 is 1. The van der Waals surface area contributed by atoms with Crippen molar-refractivity contribution in [1.82, 2.24) is 14.8 Å². The molecule has 0 saturated heterocycles. The molecular weight excluding hydrogens is 238 g/mol. The number of aryl methyl sites for hydroxylation is 1. The Labute approximate surface area is 111 Å². The quantitative estimate of drug-likeness (QED) is 0.720. The van der Waals surface area contributed by atoms with Gasteiger partial charge in [0.25, 0.3) is 0 Å². The second kappa shape index (κ2) is 4.72. The highest BCUT2D eigenvalue weighted by atomic mass is 16.5. The summed E-state index contributed by atoms with van der Waals surface area (Å²) in [7, 11) is 1.63. The fourth-order valence-electron chi connectivity index (χ4n) is 2.15. The third kappa shape index (κ3) is 2.05. The highest BCUT2D eigenvalue weighted by molar-refractivity contribution is 5.93. The van der Waals surface area contributed by atoms with Crippen LogP contribution in [-0.2, 0) is 6.54 Å². The normalized spacial score (nSPS) is 10.8. The van der Waals surface area contributed by atoms with Gasteiger partial charge in [-0.05, 0) is 13.0 Å². The van der Waals surface area contributed by atoms with Crippen molar-refractivity contribution in [1.29, 1.82) is 0 Å². The molecular formula is C15H15N3O. The number of aromatic nitrogens is 3. The molecule has 2 aromatic heterocycles. The number of ether oxygens (including phenoxy) is 1.